The molecule has 166 valence electrons. The third-order valence-electron chi connectivity index (χ3n) is 5.50. The average Bonchev–Trinajstić information content (AvgIpc) is 3.31. The maximum atomic E-state index is 13.0. The molecule has 5 rings (SSSR count). The molecule has 0 atom stereocenters. The molecule has 9 heteroatoms. The predicted octanol–water partition coefficient (Wildman–Crippen LogP) is 4.28. The fourth-order valence-corrected chi connectivity index (χ4v) is 4.86. The highest BCUT2D eigenvalue weighted by Gasteiger charge is 2.26. The van der Waals surface area contributed by atoms with Crippen LogP contribution < -0.4 is 16.4 Å². The van der Waals surface area contributed by atoms with Crippen molar-refractivity contribution in [3.63, 3.8) is 0 Å². The summed E-state index contributed by atoms with van der Waals surface area (Å²) in [5.41, 5.74) is 8.85. The Hall–Kier alpha value is -3.30. The van der Waals surface area contributed by atoms with Gasteiger partial charge in [-0.1, -0.05) is 6.07 Å². The lowest BCUT2D eigenvalue weighted by Crippen LogP contribution is -2.45. The minimum atomic E-state index is -0.291. The normalized spacial score (nSPS) is 15.6. The average molecular weight is 450 g/mol. The Bertz CT molecular complexity index is 1210. The van der Waals surface area contributed by atoms with Gasteiger partial charge in [-0.2, -0.15) is 0 Å². The van der Waals surface area contributed by atoms with Crippen LogP contribution in [-0.2, 0) is 0 Å². The van der Waals surface area contributed by atoms with Gasteiger partial charge in [-0.25, -0.2) is 10.5 Å². The Morgan fingerprint density at radius 3 is 2.91 bits per heavy atom. The van der Waals surface area contributed by atoms with E-state index in [-0.39, 0.29) is 13.4 Å². The number of nitrogens with one attached hydrogen (secondary N) is 3. The lowest BCUT2D eigenvalue weighted by molar-refractivity contribution is 0.102. The first-order valence-corrected chi connectivity index (χ1v) is 11.5. The van der Waals surface area contributed by atoms with Crippen LogP contribution >= 0.6 is 11.3 Å². The molecule has 1 aliphatic heterocycles. The van der Waals surface area contributed by atoms with E-state index in [0.717, 1.165) is 17.0 Å². The van der Waals surface area contributed by atoms with E-state index in [2.05, 4.69) is 43.6 Å². The largest absolute Gasteiger partial charge is 0.305 e. The van der Waals surface area contributed by atoms with Crippen LogP contribution in [0.25, 0.3) is 10.4 Å². The molecule has 1 aliphatic carbocycles. The number of amidine groups is 1. The summed E-state index contributed by atoms with van der Waals surface area (Å²) in [5, 5.41) is 9.00. The molecule has 2 aliphatic rings. The summed E-state index contributed by atoms with van der Waals surface area (Å²) >= 11 is 1.81. The van der Waals surface area contributed by atoms with Gasteiger partial charge in [-0.3, -0.25) is 14.8 Å². The zero-order chi connectivity index (χ0) is 22.2. The number of anilines is 1. The number of pyridine rings is 2. The number of carbonyl (C=O) groups excluding carboxylic acids is 1. The second kappa shape index (κ2) is 8.33. The van der Waals surface area contributed by atoms with Crippen LogP contribution in [0.1, 0.15) is 60.7 Å². The first-order valence-electron chi connectivity index (χ1n) is 10.7. The Kier molecular flexibility index (Phi) is 5.36. The fourth-order valence-electron chi connectivity index (χ4n) is 3.60. The van der Waals surface area contributed by atoms with Crippen molar-refractivity contribution < 1.29 is 6.22 Å². The number of aryl methyl sites for hydroxylation is 1. The monoisotopic (exact) mass is 449 g/mol. The number of thiophene rings is 1. The zero-order valence-corrected chi connectivity index (χ0v) is 19.0. The van der Waals surface area contributed by atoms with E-state index in [1.807, 2.05) is 55.3 Å². The van der Waals surface area contributed by atoms with Crippen molar-refractivity contribution in [2.75, 3.05) is 5.32 Å². The van der Waals surface area contributed by atoms with E-state index < -0.39 is 0 Å². The van der Waals surface area contributed by atoms with Gasteiger partial charge in [-0.15, -0.1) is 22.0 Å². The van der Waals surface area contributed by atoms with Crippen LogP contribution in [0, 0.1) is 6.92 Å². The second-order valence-electron chi connectivity index (χ2n) is 8.35. The predicted molar refractivity (Wildman–Crippen MR) is 128 cm³/mol. The summed E-state index contributed by atoms with van der Waals surface area (Å²) < 4.78 is 0. The fraction of sp³-hybridized carbons (Fsp3) is 0.304. The van der Waals surface area contributed by atoms with Crippen molar-refractivity contribution >= 4 is 28.9 Å². The Morgan fingerprint density at radius 1 is 1.28 bits per heavy atom. The van der Waals surface area contributed by atoms with Gasteiger partial charge in [0, 0.05) is 23.4 Å². The van der Waals surface area contributed by atoms with Crippen LogP contribution in [0.3, 0.4) is 0 Å². The molecule has 1 saturated carbocycles. The molecule has 0 saturated heterocycles. The number of rotatable bonds is 6. The van der Waals surface area contributed by atoms with Crippen LogP contribution in [-0.4, -0.2) is 32.8 Å². The van der Waals surface area contributed by atoms with E-state index >= 15 is 0 Å². The number of hydrazine groups is 2. The SMILES string of the molecule is Cc1cnc(C(=O)Nc2cccc(C3=NNNN3C(C)C)n2)cc1-c1ccc(C2CC2)s1.[HH]. The van der Waals surface area contributed by atoms with E-state index in [1.54, 1.807) is 12.3 Å². The summed E-state index contributed by atoms with van der Waals surface area (Å²) in [6, 6.07) is 11.9. The van der Waals surface area contributed by atoms with Crippen LogP contribution in [0.15, 0.2) is 47.7 Å². The minimum Gasteiger partial charge on any atom is -0.305 e. The van der Waals surface area contributed by atoms with Crippen LogP contribution in [0.2, 0.25) is 0 Å². The van der Waals surface area contributed by atoms with Crippen LogP contribution in [0.4, 0.5) is 5.82 Å². The number of hydrogen-bond acceptors (Lipinski definition) is 8. The summed E-state index contributed by atoms with van der Waals surface area (Å²) in [6.07, 6.45) is 4.32. The molecule has 0 radical (unpaired) electrons. The van der Waals surface area contributed by atoms with Gasteiger partial charge in [0.1, 0.15) is 17.2 Å². The molecule has 1 amide bonds. The number of hydrazone groups is 1. The zero-order valence-electron chi connectivity index (χ0n) is 18.2. The maximum Gasteiger partial charge on any atom is 0.275 e. The Morgan fingerprint density at radius 2 is 2.12 bits per heavy atom. The number of aromatic nitrogens is 2. The molecule has 32 heavy (non-hydrogen) atoms. The van der Waals surface area contributed by atoms with Crippen molar-refractivity contribution in [2.24, 2.45) is 5.10 Å². The van der Waals surface area contributed by atoms with Crippen molar-refractivity contribution in [3.05, 3.63) is 64.4 Å². The molecule has 0 bridgehead atoms. The highest BCUT2D eigenvalue weighted by molar-refractivity contribution is 7.15. The molecular formula is C23H27N7OS. The summed E-state index contributed by atoms with van der Waals surface area (Å²) in [4.78, 5) is 24.5. The molecule has 0 spiro atoms. The minimum absolute atomic E-state index is 0. The van der Waals surface area contributed by atoms with E-state index in [9.17, 15) is 4.79 Å². The number of amides is 1. The van der Waals surface area contributed by atoms with E-state index in [0.29, 0.717) is 23.0 Å². The third kappa shape index (κ3) is 4.09. The topological polar surface area (TPSA) is 94.5 Å². The Labute approximate surface area is 192 Å². The quantitative estimate of drug-likeness (QED) is 0.520. The van der Waals surface area contributed by atoms with Gasteiger partial charge in [0.05, 0.1) is 0 Å². The van der Waals surface area contributed by atoms with Gasteiger partial charge in [-0.05, 0) is 81.0 Å². The molecule has 3 aromatic heterocycles. The third-order valence-corrected chi connectivity index (χ3v) is 6.79. The van der Waals surface area contributed by atoms with Crippen molar-refractivity contribution in [1.82, 2.24) is 26.0 Å². The molecule has 3 aromatic rings. The van der Waals surface area contributed by atoms with Gasteiger partial charge < -0.3 is 5.32 Å². The summed E-state index contributed by atoms with van der Waals surface area (Å²) in [5.74, 6) is 1.54. The molecule has 0 aromatic carbocycles. The standard InChI is InChI=1S/C23H25N7OS.H2/c1-13(2)30-22(27-28-29-30)17-5-4-6-21(25-17)26-23(31)18-11-16(14(3)12-24-18)20-10-9-19(32-20)15-7-8-15;/h4-6,9-13,15,28-29H,7-8H2,1-3H3,(H,25,26,31);1H. The summed E-state index contributed by atoms with van der Waals surface area (Å²) in [6.45, 7) is 6.11. The van der Waals surface area contributed by atoms with Gasteiger partial charge in [0.25, 0.3) is 5.91 Å². The van der Waals surface area contributed by atoms with Crippen molar-refractivity contribution in [1.29, 1.82) is 0 Å². The van der Waals surface area contributed by atoms with Crippen molar-refractivity contribution in [2.45, 2.75) is 45.6 Å². The number of hydrogen-bond donors (Lipinski definition) is 3. The smallest absolute Gasteiger partial charge is 0.275 e. The highest BCUT2D eigenvalue weighted by Crippen LogP contribution is 2.45. The number of nitrogens with zero attached hydrogens (tertiary/aromatic N) is 4. The molecule has 1 fully saturated rings. The molecule has 4 heterocycles. The van der Waals surface area contributed by atoms with Gasteiger partial charge in [0.2, 0.25) is 0 Å². The van der Waals surface area contributed by atoms with Gasteiger partial charge in [0.15, 0.2) is 5.84 Å². The maximum absolute atomic E-state index is 13.0. The lowest BCUT2D eigenvalue weighted by atomic mass is 10.1. The highest BCUT2D eigenvalue weighted by atomic mass is 32.1. The molecule has 8 nitrogen and oxygen atoms in total. The number of carbonyl (C=O) groups is 1. The van der Waals surface area contributed by atoms with Gasteiger partial charge >= 0.3 is 0 Å². The molecule has 3 N–H and O–H groups in total. The summed E-state index contributed by atoms with van der Waals surface area (Å²) in [7, 11) is 0. The van der Waals surface area contributed by atoms with Crippen molar-refractivity contribution in [3.8, 4) is 10.4 Å². The Balaban J connectivity index is 0.00000259. The van der Waals surface area contributed by atoms with Crippen LogP contribution in [0.5, 0.6) is 0 Å². The second-order valence-corrected chi connectivity index (χ2v) is 9.46. The van der Waals surface area contributed by atoms with E-state index in [1.165, 1.54) is 22.6 Å². The first kappa shape index (κ1) is 20.6. The van der Waals surface area contributed by atoms with E-state index in [4.69, 9.17) is 0 Å². The molecule has 0 unspecified atom stereocenters. The molecular weight excluding hydrogens is 422 g/mol. The lowest BCUT2D eigenvalue weighted by Gasteiger charge is -2.22. The first-order chi connectivity index (χ1) is 15.5.